The van der Waals surface area contributed by atoms with E-state index in [1.807, 2.05) is 29.9 Å². The molecule has 0 amide bonds. The van der Waals surface area contributed by atoms with E-state index in [0.29, 0.717) is 16.9 Å². The monoisotopic (exact) mass is 309 g/mol. The number of nitrogens with one attached hydrogen (secondary N) is 2. The lowest BCUT2D eigenvalue weighted by Crippen LogP contribution is -1.96. The molecule has 0 atom stereocenters. The number of ketones is 1. The molecule has 7 nitrogen and oxygen atoms in total. The molecule has 0 saturated carbocycles. The first-order valence-corrected chi connectivity index (χ1v) is 7.01. The standard InChI is InChI=1S/C16H15N5O2/c1-10(22)11-5-7-12(8-6-11)17-19-15-14(18-20-16(15)23)13-4-3-9-21(13)2/h3-9H,1-2H3,(H2,18,20,23). The maximum absolute atomic E-state index is 11.9. The van der Waals surface area contributed by atoms with Gasteiger partial charge in [-0.05, 0) is 43.3 Å². The summed E-state index contributed by atoms with van der Waals surface area (Å²) in [6.07, 6.45) is 1.88. The molecule has 2 aromatic heterocycles. The molecule has 0 radical (unpaired) electrons. The molecule has 7 heteroatoms. The maximum Gasteiger partial charge on any atom is 0.292 e. The highest BCUT2D eigenvalue weighted by molar-refractivity contribution is 5.94. The Kier molecular flexibility index (Phi) is 3.76. The van der Waals surface area contributed by atoms with Crippen LogP contribution >= 0.6 is 0 Å². The Morgan fingerprint density at radius 3 is 2.43 bits per heavy atom. The van der Waals surface area contributed by atoms with Crippen molar-refractivity contribution in [2.24, 2.45) is 17.3 Å². The quantitative estimate of drug-likeness (QED) is 0.571. The third-order valence-corrected chi connectivity index (χ3v) is 3.49. The first kappa shape index (κ1) is 14.7. The summed E-state index contributed by atoms with van der Waals surface area (Å²) >= 11 is 0. The zero-order valence-electron chi connectivity index (χ0n) is 12.7. The summed E-state index contributed by atoms with van der Waals surface area (Å²) in [6.45, 7) is 1.50. The molecule has 0 aliphatic rings. The second-order valence-corrected chi connectivity index (χ2v) is 5.11. The lowest BCUT2D eigenvalue weighted by molar-refractivity contribution is 0.101. The largest absolute Gasteiger partial charge is 0.349 e. The van der Waals surface area contributed by atoms with Crippen molar-refractivity contribution < 1.29 is 4.79 Å². The van der Waals surface area contributed by atoms with E-state index in [9.17, 15) is 9.59 Å². The third-order valence-electron chi connectivity index (χ3n) is 3.49. The molecule has 0 saturated heterocycles. The van der Waals surface area contributed by atoms with E-state index in [2.05, 4.69) is 20.4 Å². The SMILES string of the molecule is CC(=O)c1ccc(N=Nc2c(-c3cccn3C)[nH][nH]c2=O)cc1. The molecule has 0 unspecified atom stereocenters. The van der Waals surface area contributed by atoms with Crippen LogP contribution in [0.4, 0.5) is 11.4 Å². The first-order chi connectivity index (χ1) is 11.1. The Bertz CT molecular complexity index is 928. The van der Waals surface area contributed by atoms with E-state index in [1.165, 1.54) is 6.92 Å². The summed E-state index contributed by atoms with van der Waals surface area (Å²) in [4.78, 5) is 23.2. The highest BCUT2D eigenvalue weighted by Crippen LogP contribution is 2.26. The number of Topliss-reactive ketones (excluding diaryl/α,β-unsaturated/α-hetero) is 1. The molecule has 0 fully saturated rings. The van der Waals surface area contributed by atoms with Gasteiger partial charge in [0.25, 0.3) is 5.56 Å². The number of aryl methyl sites for hydroxylation is 1. The minimum Gasteiger partial charge on any atom is -0.349 e. The zero-order chi connectivity index (χ0) is 16.4. The van der Waals surface area contributed by atoms with Crippen molar-refractivity contribution in [1.82, 2.24) is 14.8 Å². The molecule has 3 aromatic rings. The molecular weight excluding hydrogens is 294 g/mol. The van der Waals surface area contributed by atoms with Gasteiger partial charge in [-0.15, -0.1) is 5.11 Å². The number of rotatable bonds is 4. The van der Waals surface area contributed by atoms with Crippen molar-refractivity contribution in [3.8, 4) is 11.4 Å². The van der Waals surface area contributed by atoms with Gasteiger partial charge < -0.3 is 4.57 Å². The molecule has 2 N–H and O–H groups in total. The van der Waals surface area contributed by atoms with Crippen LogP contribution in [0.2, 0.25) is 0 Å². The number of H-pyrrole nitrogens is 2. The van der Waals surface area contributed by atoms with Crippen LogP contribution in [0, 0.1) is 0 Å². The molecule has 0 bridgehead atoms. The van der Waals surface area contributed by atoms with Crippen molar-refractivity contribution in [1.29, 1.82) is 0 Å². The molecular formula is C16H15N5O2. The number of aromatic amines is 2. The lowest BCUT2D eigenvalue weighted by atomic mass is 10.1. The summed E-state index contributed by atoms with van der Waals surface area (Å²) in [5, 5.41) is 13.5. The number of carbonyl (C=O) groups excluding carboxylic acids is 1. The highest BCUT2D eigenvalue weighted by atomic mass is 16.1. The number of nitrogens with zero attached hydrogens (tertiary/aromatic N) is 3. The summed E-state index contributed by atoms with van der Waals surface area (Å²) < 4.78 is 1.87. The Hall–Kier alpha value is -3.22. The number of aromatic nitrogens is 3. The van der Waals surface area contributed by atoms with Gasteiger partial charge in [0.1, 0.15) is 5.69 Å². The average Bonchev–Trinajstić information content (AvgIpc) is 3.11. The minimum absolute atomic E-state index is 0.0124. The topological polar surface area (TPSA) is 95.4 Å². The fraction of sp³-hybridized carbons (Fsp3) is 0.125. The number of azo groups is 1. The first-order valence-electron chi connectivity index (χ1n) is 7.01. The van der Waals surface area contributed by atoms with E-state index in [1.54, 1.807) is 24.3 Å². The second kappa shape index (κ2) is 5.88. The summed E-state index contributed by atoms with van der Waals surface area (Å²) in [5.41, 5.74) is 2.44. The zero-order valence-corrected chi connectivity index (χ0v) is 12.7. The molecule has 23 heavy (non-hydrogen) atoms. The van der Waals surface area contributed by atoms with Crippen molar-refractivity contribution in [2.45, 2.75) is 6.92 Å². The number of benzene rings is 1. The summed E-state index contributed by atoms with van der Waals surface area (Å²) in [6, 6.07) is 10.5. The molecule has 1 aromatic carbocycles. The van der Waals surface area contributed by atoms with Crippen molar-refractivity contribution in [2.75, 3.05) is 0 Å². The smallest absolute Gasteiger partial charge is 0.292 e. The molecule has 2 heterocycles. The highest BCUT2D eigenvalue weighted by Gasteiger charge is 2.13. The van der Waals surface area contributed by atoms with Gasteiger partial charge in [-0.3, -0.25) is 19.8 Å². The van der Waals surface area contributed by atoms with Gasteiger partial charge in [0.15, 0.2) is 11.5 Å². The third kappa shape index (κ3) is 2.89. The van der Waals surface area contributed by atoms with Crippen LogP contribution in [0.15, 0.2) is 57.6 Å². The van der Waals surface area contributed by atoms with Gasteiger partial charge in [0.2, 0.25) is 0 Å². The van der Waals surface area contributed by atoms with Gasteiger partial charge in [0.05, 0.1) is 11.4 Å². The lowest BCUT2D eigenvalue weighted by Gasteiger charge is -2.00. The predicted octanol–water partition coefficient (Wildman–Crippen LogP) is 3.33. The molecule has 116 valence electrons. The van der Waals surface area contributed by atoms with Crippen LogP contribution in [-0.4, -0.2) is 20.5 Å². The van der Waals surface area contributed by atoms with Crippen LogP contribution in [0.25, 0.3) is 11.4 Å². The fourth-order valence-electron chi connectivity index (χ4n) is 2.22. The van der Waals surface area contributed by atoms with E-state index in [-0.39, 0.29) is 17.0 Å². The van der Waals surface area contributed by atoms with Crippen molar-refractivity contribution >= 4 is 17.2 Å². The van der Waals surface area contributed by atoms with E-state index >= 15 is 0 Å². The predicted molar refractivity (Wildman–Crippen MR) is 86.4 cm³/mol. The van der Waals surface area contributed by atoms with E-state index < -0.39 is 0 Å². The van der Waals surface area contributed by atoms with Gasteiger partial charge in [-0.25, -0.2) is 0 Å². The maximum atomic E-state index is 11.9. The number of hydrogen-bond acceptors (Lipinski definition) is 4. The van der Waals surface area contributed by atoms with E-state index in [4.69, 9.17) is 0 Å². The Balaban J connectivity index is 1.94. The normalized spacial score (nSPS) is 11.2. The van der Waals surface area contributed by atoms with Crippen LogP contribution in [0.3, 0.4) is 0 Å². The van der Waals surface area contributed by atoms with Crippen LogP contribution in [0.1, 0.15) is 17.3 Å². The molecule has 0 aliphatic carbocycles. The van der Waals surface area contributed by atoms with Crippen molar-refractivity contribution in [3.05, 3.63) is 58.5 Å². The Morgan fingerprint density at radius 1 is 1.09 bits per heavy atom. The minimum atomic E-state index is -0.342. The Labute approximate surface area is 131 Å². The van der Waals surface area contributed by atoms with Gasteiger partial charge >= 0.3 is 0 Å². The number of carbonyl (C=O) groups is 1. The van der Waals surface area contributed by atoms with Crippen LogP contribution in [0.5, 0.6) is 0 Å². The van der Waals surface area contributed by atoms with Crippen molar-refractivity contribution in [3.63, 3.8) is 0 Å². The van der Waals surface area contributed by atoms with Gasteiger partial charge in [-0.1, -0.05) is 0 Å². The van der Waals surface area contributed by atoms with Crippen LogP contribution in [-0.2, 0) is 7.05 Å². The number of hydrogen-bond donors (Lipinski definition) is 2. The molecule has 0 aliphatic heterocycles. The van der Waals surface area contributed by atoms with Crippen LogP contribution < -0.4 is 5.56 Å². The summed E-state index contributed by atoms with van der Waals surface area (Å²) in [7, 11) is 1.88. The molecule has 0 spiro atoms. The fourth-order valence-corrected chi connectivity index (χ4v) is 2.22. The second-order valence-electron chi connectivity index (χ2n) is 5.11. The Morgan fingerprint density at radius 2 is 1.83 bits per heavy atom. The van der Waals surface area contributed by atoms with Gasteiger partial charge in [0, 0.05) is 18.8 Å². The summed E-state index contributed by atoms with van der Waals surface area (Å²) in [5.74, 6) is -0.0124. The average molecular weight is 309 g/mol. The molecule has 3 rings (SSSR count). The van der Waals surface area contributed by atoms with E-state index in [0.717, 1.165) is 5.69 Å². The van der Waals surface area contributed by atoms with Gasteiger partial charge in [-0.2, -0.15) is 5.11 Å².